The summed E-state index contributed by atoms with van der Waals surface area (Å²) in [4.78, 5) is 15.4. The molecule has 0 unspecified atom stereocenters. The zero-order chi connectivity index (χ0) is 25.7. The van der Waals surface area contributed by atoms with Crippen LogP contribution in [0.2, 0.25) is 0 Å². The third kappa shape index (κ3) is 4.32. The number of ketones is 1. The molecule has 5 nitrogen and oxygen atoms in total. The molecule has 2 aliphatic rings. The Hall–Kier alpha value is -2.89. The first-order chi connectivity index (χ1) is 16.4. The Morgan fingerprint density at radius 1 is 1.11 bits per heavy atom. The van der Waals surface area contributed by atoms with E-state index in [4.69, 9.17) is 14.9 Å². The summed E-state index contributed by atoms with van der Waals surface area (Å²) in [6.07, 6.45) is 1.54. The molecule has 0 saturated heterocycles. The molecule has 0 amide bonds. The first kappa shape index (κ1) is 25.2. The topological polar surface area (TPSA) is 62.6 Å². The summed E-state index contributed by atoms with van der Waals surface area (Å²) < 4.78 is 26.9. The van der Waals surface area contributed by atoms with Crippen LogP contribution in [0.5, 0.6) is 11.5 Å². The summed E-state index contributed by atoms with van der Waals surface area (Å²) in [5, 5.41) is 8.87. The number of benzene rings is 2. The molecule has 1 fully saturated rings. The van der Waals surface area contributed by atoms with Crippen molar-refractivity contribution in [1.82, 2.24) is 4.90 Å². The van der Waals surface area contributed by atoms with E-state index in [1.807, 2.05) is 25.1 Å². The summed E-state index contributed by atoms with van der Waals surface area (Å²) in [6, 6.07) is 7.94. The fourth-order valence-electron chi connectivity index (χ4n) is 4.95. The first-order valence-corrected chi connectivity index (χ1v) is 12.6. The molecule has 1 aliphatic heterocycles. The number of hydrogen-bond donors (Lipinski definition) is 1. The van der Waals surface area contributed by atoms with E-state index >= 15 is 4.39 Å². The van der Waals surface area contributed by atoms with Gasteiger partial charge in [0.25, 0.3) is 0 Å². The second-order valence-electron chi connectivity index (χ2n) is 10.9. The van der Waals surface area contributed by atoms with E-state index in [9.17, 15) is 4.79 Å². The fourth-order valence-corrected chi connectivity index (χ4v) is 4.95. The largest absolute Gasteiger partial charge is 0.490 e. The maximum atomic E-state index is 15.7. The van der Waals surface area contributed by atoms with Gasteiger partial charge in [0.2, 0.25) is 0 Å². The van der Waals surface area contributed by atoms with E-state index in [2.05, 4.69) is 40.7 Å². The van der Waals surface area contributed by atoms with Crippen LogP contribution in [0.15, 0.2) is 24.3 Å². The number of carbonyl (C=O) groups excluding carboxylic acids is 1. The Balaban J connectivity index is 1.72. The molecule has 188 valence electrons. The molecule has 1 saturated carbocycles. The third-order valence-electron chi connectivity index (χ3n) is 7.14. The number of hydrogen-bond acceptors (Lipinski definition) is 4. The minimum Gasteiger partial charge on any atom is -0.490 e. The van der Waals surface area contributed by atoms with Crippen LogP contribution in [-0.4, -0.2) is 36.3 Å². The van der Waals surface area contributed by atoms with Gasteiger partial charge in [-0.2, -0.15) is 0 Å². The van der Waals surface area contributed by atoms with Crippen molar-refractivity contribution in [2.24, 2.45) is 0 Å². The van der Waals surface area contributed by atoms with Crippen molar-refractivity contribution < 1.29 is 18.7 Å². The standard InChI is InChI=1S/C29H37FN2O3/c1-8-34-23-15-21-24(25(30)26(23)35-9-2)27(31)32(29(21)10-11-29)16-22(33)19-12-18(17(3)4)13-20(14-19)28(5,6)7/h12-15,17,31H,8-11,16H2,1-7H3. The van der Waals surface area contributed by atoms with Crippen molar-refractivity contribution in [2.75, 3.05) is 19.8 Å². The molecule has 0 aromatic heterocycles. The number of nitrogens with zero attached hydrogens (tertiary/aromatic N) is 1. The van der Waals surface area contributed by atoms with Crippen LogP contribution in [-0.2, 0) is 11.0 Å². The number of Topliss-reactive ketones (excluding diaryl/α,β-unsaturated/α-hetero) is 1. The van der Waals surface area contributed by atoms with Gasteiger partial charge >= 0.3 is 0 Å². The van der Waals surface area contributed by atoms with Crippen molar-refractivity contribution in [2.45, 2.75) is 78.2 Å². The van der Waals surface area contributed by atoms with Gasteiger partial charge in [0.15, 0.2) is 23.1 Å². The number of carbonyl (C=O) groups is 1. The lowest BCUT2D eigenvalue weighted by atomic mass is 9.83. The van der Waals surface area contributed by atoms with Crippen LogP contribution in [0.25, 0.3) is 0 Å². The predicted octanol–water partition coefficient (Wildman–Crippen LogP) is 6.56. The van der Waals surface area contributed by atoms with E-state index in [0.717, 1.165) is 29.5 Å². The normalized spacial score (nSPS) is 16.1. The molecule has 2 aromatic carbocycles. The van der Waals surface area contributed by atoms with Gasteiger partial charge in [-0.1, -0.05) is 40.7 Å². The molecule has 0 bridgehead atoms. The molecule has 4 rings (SSSR count). The van der Waals surface area contributed by atoms with E-state index in [-0.39, 0.29) is 40.8 Å². The number of halogens is 1. The third-order valence-corrected chi connectivity index (χ3v) is 7.14. The second kappa shape index (κ2) is 8.96. The van der Waals surface area contributed by atoms with Crippen molar-refractivity contribution in [3.63, 3.8) is 0 Å². The molecule has 1 spiro atoms. The van der Waals surface area contributed by atoms with Gasteiger partial charge in [-0.25, -0.2) is 4.39 Å². The average Bonchev–Trinajstić information content (AvgIpc) is 3.56. The van der Waals surface area contributed by atoms with E-state index in [1.54, 1.807) is 11.8 Å². The van der Waals surface area contributed by atoms with Crippen LogP contribution in [0.1, 0.15) is 99.8 Å². The summed E-state index contributed by atoms with van der Waals surface area (Å²) in [5.74, 6) is 0.103. The Morgan fingerprint density at radius 3 is 2.31 bits per heavy atom. The molecule has 1 N–H and O–H groups in total. The summed E-state index contributed by atoms with van der Waals surface area (Å²) in [6.45, 7) is 15.0. The Labute approximate surface area is 208 Å². The molecule has 6 heteroatoms. The minimum atomic E-state index is -0.573. The Morgan fingerprint density at radius 2 is 1.77 bits per heavy atom. The van der Waals surface area contributed by atoms with Gasteiger partial charge in [0.1, 0.15) is 5.84 Å². The molecule has 2 aromatic rings. The van der Waals surface area contributed by atoms with Gasteiger partial charge in [-0.05, 0) is 72.9 Å². The summed E-state index contributed by atoms with van der Waals surface area (Å²) in [5.41, 5.74) is 3.22. The highest BCUT2D eigenvalue weighted by Crippen LogP contribution is 2.58. The molecule has 0 atom stereocenters. The van der Waals surface area contributed by atoms with Gasteiger partial charge in [-0.3, -0.25) is 10.2 Å². The highest BCUT2D eigenvalue weighted by Gasteiger charge is 2.58. The molecular formula is C29H37FN2O3. The zero-order valence-electron chi connectivity index (χ0n) is 22.0. The first-order valence-electron chi connectivity index (χ1n) is 12.6. The summed E-state index contributed by atoms with van der Waals surface area (Å²) in [7, 11) is 0. The Kier molecular flexibility index (Phi) is 6.45. The average molecular weight is 481 g/mol. The maximum absolute atomic E-state index is 15.7. The van der Waals surface area contributed by atoms with Crippen LogP contribution < -0.4 is 9.47 Å². The smallest absolute Gasteiger partial charge is 0.197 e. The van der Waals surface area contributed by atoms with Crippen molar-refractivity contribution in [3.8, 4) is 11.5 Å². The van der Waals surface area contributed by atoms with E-state index in [1.165, 1.54) is 0 Å². The fraction of sp³-hybridized carbons (Fsp3) is 0.517. The molecule has 35 heavy (non-hydrogen) atoms. The van der Waals surface area contributed by atoms with Crippen LogP contribution in [0.4, 0.5) is 4.39 Å². The van der Waals surface area contributed by atoms with Gasteiger partial charge < -0.3 is 14.4 Å². The molecule has 1 heterocycles. The molecule has 0 radical (unpaired) electrons. The lowest BCUT2D eigenvalue weighted by molar-refractivity contribution is 0.0943. The lowest BCUT2D eigenvalue weighted by Gasteiger charge is -2.27. The minimum absolute atomic E-state index is 0.0338. The van der Waals surface area contributed by atoms with Crippen molar-refractivity contribution in [1.29, 1.82) is 5.41 Å². The van der Waals surface area contributed by atoms with Crippen LogP contribution in [0, 0.1) is 11.2 Å². The Bertz CT molecular complexity index is 1180. The number of nitrogens with one attached hydrogen (secondary N) is 1. The van der Waals surface area contributed by atoms with E-state index < -0.39 is 11.4 Å². The highest BCUT2D eigenvalue weighted by molar-refractivity contribution is 6.07. The number of ether oxygens (including phenoxy) is 2. The highest BCUT2D eigenvalue weighted by atomic mass is 19.1. The predicted molar refractivity (Wildman–Crippen MR) is 137 cm³/mol. The van der Waals surface area contributed by atoms with Crippen LogP contribution >= 0.6 is 0 Å². The SMILES string of the molecule is CCOc1cc2c(c(F)c1OCC)C(=N)N(CC(=O)c1cc(C(C)C)cc(C(C)(C)C)c1)C21CC1. The molecular weight excluding hydrogens is 443 g/mol. The van der Waals surface area contributed by atoms with Crippen molar-refractivity contribution in [3.05, 3.63) is 57.9 Å². The second-order valence-corrected chi connectivity index (χ2v) is 10.9. The number of amidine groups is 1. The zero-order valence-corrected chi connectivity index (χ0v) is 22.0. The lowest BCUT2D eigenvalue weighted by Crippen LogP contribution is -2.38. The monoisotopic (exact) mass is 480 g/mol. The quantitative estimate of drug-likeness (QED) is 0.435. The summed E-state index contributed by atoms with van der Waals surface area (Å²) >= 11 is 0. The van der Waals surface area contributed by atoms with Crippen molar-refractivity contribution >= 4 is 11.6 Å². The van der Waals surface area contributed by atoms with Gasteiger partial charge in [0, 0.05) is 5.56 Å². The van der Waals surface area contributed by atoms with Gasteiger partial charge in [0.05, 0.1) is 30.9 Å². The molecule has 1 aliphatic carbocycles. The van der Waals surface area contributed by atoms with Gasteiger partial charge in [-0.15, -0.1) is 0 Å². The van der Waals surface area contributed by atoms with Crippen LogP contribution in [0.3, 0.4) is 0 Å². The maximum Gasteiger partial charge on any atom is 0.197 e. The van der Waals surface area contributed by atoms with E-state index in [0.29, 0.717) is 24.5 Å². The number of rotatable bonds is 8. The number of fused-ring (bicyclic) bond motifs is 2.